The Morgan fingerprint density at radius 2 is 1.17 bits per heavy atom. The molecule has 0 fully saturated rings. The van der Waals surface area contributed by atoms with Crippen LogP contribution >= 0.6 is 0 Å². The minimum atomic E-state index is -1.13. The fraction of sp³-hybridized carbons (Fsp3) is 0.235. The number of pyridine rings is 2. The second kappa shape index (κ2) is 9.80. The number of aromatic nitrogens is 2. The van der Waals surface area contributed by atoms with Gasteiger partial charge in [0.1, 0.15) is 6.54 Å². The van der Waals surface area contributed by atoms with Crippen LogP contribution < -0.4 is 10.9 Å². The van der Waals surface area contributed by atoms with E-state index in [1.807, 2.05) is 0 Å². The summed E-state index contributed by atoms with van der Waals surface area (Å²) in [4.78, 5) is 53.9. The van der Waals surface area contributed by atoms with Gasteiger partial charge in [-0.15, -0.1) is 12.8 Å². The molecule has 0 atom stereocenters. The molecule has 0 saturated heterocycles. The summed E-state index contributed by atoms with van der Waals surface area (Å²) in [6.45, 7) is 6.21. The molecular formula is C34H28N2O5. The Morgan fingerprint density at radius 3 is 1.63 bits per heavy atom. The van der Waals surface area contributed by atoms with Crippen molar-refractivity contribution in [3.05, 3.63) is 81.1 Å². The normalized spacial score (nSPS) is 12.0. The van der Waals surface area contributed by atoms with Crippen molar-refractivity contribution in [3.63, 3.8) is 0 Å². The predicted octanol–water partition coefficient (Wildman–Crippen LogP) is 4.81. The summed E-state index contributed by atoms with van der Waals surface area (Å²) >= 11 is 0. The number of fused-ring (bicyclic) bond motifs is 4. The monoisotopic (exact) mass is 544 g/mol. The molecule has 7 nitrogen and oxygen atoms in total. The van der Waals surface area contributed by atoms with Crippen molar-refractivity contribution in [2.45, 2.75) is 46.4 Å². The van der Waals surface area contributed by atoms with Gasteiger partial charge in [0.05, 0.1) is 34.0 Å². The Labute approximate surface area is 236 Å². The van der Waals surface area contributed by atoms with Gasteiger partial charge in [-0.05, 0) is 64.1 Å². The van der Waals surface area contributed by atoms with Crippen LogP contribution in [0.15, 0.2) is 70.3 Å². The van der Waals surface area contributed by atoms with Gasteiger partial charge in [0.15, 0.2) is 22.2 Å². The van der Waals surface area contributed by atoms with Crippen molar-refractivity contribution in [1.82, 2.24) is 9.13 Å². The quantitative estimate of drug-likeness (QED) is 0.174. The lowest BCUT2D eigenvalue weighted by Gasteiger charge is -2.22. The summed E-state index contributed by atoms with van der Waals surface area (Å²) in [7, 11) is 0. The Bertz CT molecular complexity index is 2130. The maximum atomic E-state index is 13.8. The van der Waals surface area contributed by atoms with Gasteiger partial charge in [-0.3, -0.25) is 19.2 Å². The first kappa shape index (κ1) is 27.4. The van der Waals surface area contributed by atoms with Crippen LogP contribution in [0.2, 0.25) is 0 Å². The van der Waals surface area contributed by atoms with E-state index in [4.69, 9.17) is 17.6 Å². The molecular weight excluding hydrogens is 516 g/mol. The summed E-state index contributed by atoms with van der Waals surface area (Å²) in [6, 6.07) is 17.1. The Balaban J connectivity index is 1.88. The lowest BCUT2D eigenvalue weighted by molar-refractivity contribution is -0.152. The fourth-order valence-electron chi connectivity index (χ4n) is 4.98. The number of esters is 1. The maximum Gasteiger partial charge on any atom is 0.327 e. The highest BCUT2D eigenvalue weighted by molar-refractivity contribution is 6.05. The number of terminal acetylenes is 2. The van der Waals surface area contributed by atoms with Crippen LogP contribution in [0.4, 0.5) is 0 Å². The molecule has 2 aromatic heterocycles. The molecule has 0 aliphatic heterocycles. The minimum absolute atomic E-state index is 0.102. The molecule has 0 unspecified atom stereocenters. The standard InChI is InChI=1S/C34H28N2O5/c1-7-33(3,4)29(37)19-35-25-15-11-9-13-21(25)31(39)23-18-28-24(17-27(23)35)32(40)22-14-10-12-16-26(22)36(28)20-30(38)41-34(5,6)8-2/h1-2,9-18H,19-20H2,3-6H3. The topological polar surface area (TPSA) is 87.4 Å². The van der Waals surface area contributed by atoms with Gasteiger partial charge in [-0.1, -0.05) is 36.1 Å². The number of para-hydroxylation sites is 2. The molecule has 0 bridgehead atoms. The lowest BCUT2D eigenvalue weighted by atomic mass is 9.89. The summed E-state index contributed by atoms with van der Waals surface area (Å²) in [6.07, 6.45) is 11.1. The van der Waals surface area contributed by atoms with Crippen LogP contribution in [0.25, 0.3) is 43.6 Å². The van der Waals surface area contributed by atoms with E-state index in [1.165, 1.54) is 0 Å². The number of ether oxygens (including phenoxy) is 1. The average Bonchev–Trinajstić information content (AvgIpc) is 2.96. The molecule has 0 aliphatic carbocycles. The molecule has 204 valence electrons. The zero-order chi connectivity index (χ0) is 29.7. The van der Waals surface area contributed by atoms with E-state index in [0.29, 0.717) is 38.2 Å². The van der Waals surface area contributed by atoms with Crippen molar-refractivity contribution in [2.24, 2.45) is 5.41 Å². The Kier molecular flexibility index (Phi) is 6.56. The first-order valence-corrected chi connectivity index (χ1v) is 13.1. The molecule has 41 heavy (non-hydrogen) atoms. The third kappa shape index (κ3) is 4.66. The predicted molar refractivity (Wildman–Crippen MR) is 162 cm³/mol. The highest BCUT2D eigenvalue weighted by Crippen LogP contribution is 2.28. The van der Waals surface area contributed by atoms with Gasteiger partial charge in [0.2, 0.25) is 0 Å². The van der Waals surface area contributed by atoms with Gasteiger partial charge < -0.3 is 13.9 Å². The van der Waals surface area contributed by atoms with E-state index in [1.54, 1.807) is 97.5 Å². The zero-order valence-electron chi connectivity index (χ0n) is 23.3. The summed E-state index contributed by atoms with van der Waals surface area (Å²) in [5.74, 6) is 4.17. The summed E-state index contributed by atoms with van der Waals surface area (Å²) in [5, 5.41) is 1.38. The van der Waals surface area contributed by atoms with E-state index < -0.39 is 17.0 Å². The van der Waals surface area contributed by atoms with Crippen LogP contribution in [-0.2, 0) is 27.4 Å². The fourth-order valence-corrected chi connectivity index (χ4v) is 4.98. The van der Waals surface area contributed by atoms with Gasteiger partial charge in [-0.2, -0.15) is 0 Å². The van der Waals surface area contributed by atoms with Crippen molar-refractivity contribution in [2.75, 3.05) is 0 Å². The minimum Gasteiger partial charge on any atom is -0.445 e. The second-order valence-corrected chi connectivity index (χ2v) is 11.1. The van der Waals surface area contributed by atoms with Crippen LogP contribution in [0.3, 0.4) is 0 Å². The van der Waals surface area contributed by atoms with E-state index in [9.17, 15) is 19.2 Å². The highest BCUT2D eigenvalue weighted by Gasteiger charge is 2.27. The largest absolute Gasteiger partial charge is 0.445 e. The number of nitrogens with zero attached hydrogens (tertiary/aromatic N) is 2. The van der Waals surface area contributed by atoms with Gasteiger partial charge in [-0.25, -0.2) is 0 Å². The molecule has 0 saturated carbocycles. The molecule has 2 heterocycles. The smallest absolute Gasteiger partial charge is 0.327 e. The number of benzene rings is 3. The number of hydrogen-bond donors (Lipinski definition) is 0. The molecule has 0 spiro atoms. The maximum absolute atomic E-state index is 13.8. The van der Waals surface area contributed by atoms with E-state index >= 15 is 0 Å². The van der Waals surface area contributed by atoms with Crippen molar-refractivity contribution in [1.29, 1.82) is 0 Å². The zero-order valence-corrected chi connectivity index (χ0v) is 23.3. The van der Waals surface area contributed by atoms with E-state index in [-0.39, 0.29) is 35.1 Å². The molecule has 0 aliphatic rings. The summed E-state index contributed by atoms with van der Waals surface area (Å²) < 4.78 is 8.89. The first-order valence-electron chi connectivity index (χ1n) is 13.1. The molecule has 5 aromatic rings. The Morgan fingerprint density at radius 1 is 0.707 bits per heavy atom. The van der Waals surface area contributed by atoms with Crippen molar-refractivity contribution < 1.29 is 14.3 Å². The molecule has 5 rings (SSSR count). The molecule has 0 amide bonds. The van der Waals surface area contributed by atoms with Crippen molar-refractivity contribution >= 4 is 55.4 Å². The Hall–Kier alpha value is -5.14. The highest BCUT2D eigenvalue weighted by atomic mass is 16.6. The third-order valence-corrected chi connectivity index (χ3v) is 7.43. The number of ketones is 1. The molecule has 0 N–H and O–H groups in total. The van der Waals surface area contributed by atoms with Crippen LogP contribution in [0, 0.1) is 30.1 Å². The van der Waals surface area contributed by atoms with Gasteiger partial charge >= 0.3 is 5.97 Å². The number of hydrogen-bond acceptors (Lipinski definition) is 5. The SMILES string of the molecule is C#CC(C)(C)OC(=O)Cn1c2ccccc2c(=O)c2cc3c(cc21)c(=O)c1ccccc1n3CC(=O)C(C)(C)C#C. The van der Waals surface area contributed by atoms with E-state index in [0.717, 1.165) is 0 Å². The molecule has 7 heteroatoms. The number of Topliss-reactive ketones (excluding diaryl/α,β-unsaturated/α-hetero) is 1. The number of carbonyl (C=O) groups excluding carboxylic acids is 2. The van der Waals surface area contributed by atoms with Gasteiger partial charge in [0, 0.05) is 21.5 Å². The lowest BCUT2D eigenvalue weighted by Crippen LogP contribution is -2.29. The van der Waals surface area contributed by atoms with Crippen molar-refractivity contribution in [3.8, 4) is 24.7 Å². The third-order valence-electron chi connectivity index (χ3n) is 7.43. The van der Waals surface area contributed by atoms with Crippen LogP contribution in [0.5, 0.6) is 0 Å². The number of rotatable bonds is 6. The van der Waals surface area contributed by atoms with Gasteiger partial charge in [0.25, 0.3) is 0 Å². The van der Waals surface area contributed by atoms with E-state index in [2.05, 4.69) is 11.8 Å². The van der Waals surface area contributed by atoms with Crippen LogP contribution in [-0.4, -0.2) is 26.5 Å². The van der Waals surface area contributed by atoms with Crippen LogP contribution in [0.1, 0.15) is 27.7 Å². The molecule has 0 radical (unpaired) electrons. The second-order valence-electron chi connectivity index (χ2n) is 11.1. The molecule has 3 aromatic carbocycles. The summed E-state index contributed by atoms with van der Waals surface area (Å²) in [5.41, 5.74) is -0.848. The first-order chi connectivity index (χ1) is 19.4. The number of carbonyl (C=O) groups is 2. The average molecular weight is 545 g/mol.